The van der Waals surface area contributed by atoms with E-state index in [2.05, 4.69) is 0 Å². The van der Waals surface area contributed by atoms with E-state index in [1.54, 1.807) is 6.92 Å². The predicted molar refractivity (Wildman–Crippen MR) is 50.4 cm³/mol. The molecule has 4 heteroatoms. The molecule has 3 N–H and O–H groups in total. The van der Waals surface area contributed by atoms with Gasteiger partial charge in [0.15, 0.2) is 0 Å². The molecule has 1 atom stereocenters. The van der Waals surface area contributed by atoms with Crippen LogP contribution in [0, 0.1) is 11.3 Å². The lowest BCUT2D eigenvalue weighted by molar-refractivity contribution is 0.464. The molecule has 0 saturated heterocycles. The molecule has 1 aromatic rings. The predicted octanol–water partition coefficient (Wildman–Crippen LogP) is 1.94. The van der Waals surface area contributed by atoms with Crippen molar-refractivity contribution < 1.29 is 5.11 Å². The Labute approximate surface area is 81.4 Å². The average molecular weight is 197 g/mol. The second kappa shape index (κ2) is 3.65. The lowest BCUT2D eigenvalue weighted by atomic mass is 10.1. The monoisotopic (exact) mass is 196 g/mol. The summed E-state index contributed by atoms with van der Waals surface area (Å²) in [6.07, 6.45) is 0. The summed E-state index contributed by atoms with van der Waals surface area (Å²) in [6.45, 7) is 1.71. The molecule has 0 bridgehead atoms. The highest BCUT2D eigenvalue weighted by molar-refractivity contribution is 6.32. The molecule has 1 rings (SSSR count). The Morgan fingerprint density at radius 3 is 2.69 bits per heavy atom. The summed E-state index contributed by atoms with van der Waals surface area (Å²) in [5.41, 5.74) is 6.47. The zero-order valence-corrected chi connectivity index (χ0v) is 7.84. The number of halogens is 1. The van der Waals surface area contributed by atoms with Gasteiger partial charge in [0.25, 0.3) is 0 Å². The summed E-state index contributed by atoms with van der Waals surface area (Å²) in [5, 5.41) is 18.3. The van der Waals surface area contributed by atoms with E-state index in [9.17, 15) is 5.11 Å². The van der Waals surface area contributed by atoms with Gasteiger partial charge < -0.3 is 10.8 Å². The van der Waals surface area contributed by atoms with E-state index in [1.165, 1.54) is 12.1 Å². The Kier molecular flexibility index (Phi) is 2.76. The molecule has 0 unspecified atom stereocenters. The van der Waals surface area contributed by atoms with Crippen molar-refractivity contribution in [1.29, 1.82) is 5.26 Å². The maximum Gasteiger partial charge on any atom is 0.139 e. The van der Waals surface area contributed by atoms with Gasteiger partial charge in [-0.25, -0.2) is 0 Å². The fourth-order valence-electron chi connectivity index (χ4n) is 1.03. The molecule has 0 aromatic heterocycles. The number of phenolic OH excluding ortho intramolecular Hbond substituents is 1. The SMILES string of the molecule is C[C@@H](N)c1cc(C#N)cc(Cl)c1O. The number of hydrogen-bond donors (Lipinski definition) is 2. The Morgan fingerprint density at radius 1 is 1.62 bits per heavy atom. The molecule has 0 aliphatic carbocycles. The number of hydrogen-bond acceptors (Lipinski definition) is 3. The van der Waals surface area contributed by atoms with Crippen LogP contribution in [0.3, 0.4) is 0 Å². The fourth-order valence-corrected chi connectivity index (χ4v) is 1.26. The first-order valence-electron chi connectivity index (χ1n) is 3.74. The maximum atomic E-state index is 9.47. The lowest BCUT2D eigenvalue weighted by Crippen LogP contribution is -2.05. The first-order chi connectivity index (χ1) is 6.06. The van der Waals surface area contributed by atoms with Gasteiger partial charge in [0, 0.05) is 11.6 Å². The summed E-state index contributed by atoms with van der Waals surface area (Å²) < 4.78 is 0. The highest BCUT2D eigenvalue weighted by Gasteiger charge is 2.11. The van der Waals surface area contributed by atoms with Gasteiger partial charge >= 0.3 is 0 Å². The van der Waals surface area contributed by atoms with E-state index in [0.717, 1.165) is 0 Å². The number of aromatic hydroxyl groups is 1. The van der Waals surface area contributed by atoms with Gasteiger partial charge in [0.05, 0.1) is 16.7 Å². The third-order valence-corrected chi connectivity index (χ3v) is 2.00. The zero-order chi connectivity index (χ0) is 10.0. The molecule has 0 amide bonds. The first-order valence-corrected chi connectivity index (χ1v) is 4.12. The summed E-state index contributed by atoms with van der Waals surface area (Å²) in [7, 11) is 0. The molecule has 13 heavy (non-hydrogen) atoms. The molecular formula is C9H9ClN2O. The number of rotatable bonds is 1. The average Bonchev–Trinajstić information content (AvgIpc) is 2.09. The van der Waals surface area contributed by atoms with Gasteiger partial charge in [-0.3, -0.25) is 0 Å². The molecular weight excluding hydrogens is 188 g/mol. The maximum absolute atomic E-state index is 9.47. The van der Waals surface area contributed by atoms with Crippen LogP contribution in [0.25, 0.3) is 0 Å². The molecule has 68 valence electrons. The molecule has 3 nitrogen and oxygen atoms in total. The van der Waals surface area contributed by atoms with Crippen LogP contribution in [0.4, 0.5) is 0 Å². The third-order valence-electron chi connectivity index (χ3n) is 1.71. The number of nitrogens with two attached hydrogens (primary N) is 1. The summed E-state index contributed by atoms with van der Waals surface area (Å²) >= 11 is 5.69. The minimum absolute atomic E-state index is 0.0457. The molecule has 1 aromatic carbocycles. The van der Waals surface area contributed by atoms with E-state index >= 15 is 0 Å². The minimum Gasteiger partial charge on any atom is -0.506 e. The Bertz CT molecular complexity index is 369. The van der Waals surface area contributed by atoms with Gasteiger partial charge in [-0.05, 0) is 19.1 Å². The molecule has 0 aliphatic heterocycles. The number of phenols is 1. The normalized spacial score (nSPS) is 12.2. The highest BCUT2D eigenvalue weighted by atomic mass is 35.5. The number of nitriles is 1. The van der Waals surface area contributed by atoms with Gasteiger partial charge in [-0.2, -0.15) is 5.26 Å². The Morgan fingerprint density at radius 2 is 2.23 bits per heavy atom. The van der Waals surface area contributed by atoms with Gasteiger partial charge in [-0.1, -0.05) is 11.6 Å². The smallest absolute Gasteiger partial charge is 0.139 e. The van der Waals surface area contributed by atoms with E-state index in [0.29, 0.717) is 11.1 Å². The largest absolute Gasteiger partial charge is 0.506 e. The van der Waals surface area contributed by atoms with E-state index in [1.807, 2.05) is 6.07 Å². The van der Waals surface area contributed by atoms with Crippen LogP contribution < -0.4 is 5.73 Å². The molecule has 0 spiro atoms. The van der Waals surface area contributed by atoms with Crippen LogP contribution in [0.1, 0.15) is 24.1 Å². The van der Waals surface area contributed by atoms with Crippen LogP contribution in [0.2, 0.25) is 5.02 Å². The zero-order valence-electron chi connectivity index (χ0n) is 7.08. The van der Waals surface area contributed by atoms with Crippen LogP contribution in [-0.2, 0) is 0 Å². The van der Waals surface area contributed by atoms with Gasteiger partial charge in [-0.15, -0.1) is 0 Å². The lowest BCUT2D eigenvalue weighted by Gasteiger charge is -2.09. The minimum atomic E-state index is -0.342. The van der Waals surface area contributed by atoms with Crippen molar-refractivity contribution in [2.24, 2.45) is 5.73 Å². The number of benzene rings is 1. The second-order valence-corrected chi connectivity index (χ2v) is 3.20. The summed E-state index contributed by atoms with van der Waals surface area (Å²) in [6, 6.07) is 4.54. The van der Waals surface area contributed by atoms with Crippen LogP contribution in [0.5, 0.6) is 5.75 Å². The molecule has 0 heterocycles. The van der Waals surface area contributed by atoms with Crippen LogP contribution >= 0.6 is 11.6 Å². The van der Waals surface area contributed by atoms with Gasteiger partial charge in [0.2, 0.25) is 0 Å². The van der Waals surface area contributed by atoms with Crippen LogP contribution in [0.15, 0.2) is 12.1 Å². The Balaban J connectivity index is 3.35. The van der Waals surface area contributed by atoms with E-state index in [-0.39, 0.29) is 16.8 Å². The molecule has 0 fully saturated rings. The van der Waals surface area contributed by atoms with E-state index < -0.39 is 0 Å². The van der Waals surface area contributed by atoms with Crippen molar-refractivity contribution in [3.05, 3.63) is 28.3 Å². The molecule has 0 radical (unpaired) electrons. The summed E-state index contributed by atoms with van der Waals surface area (Å²) in [4.78, 5) is 0. The Hall–Kier alpha value is -1.24. The standard InChI is InChI=1S/C9H9ClN2O/c1-5(12)7-2-6(4-11)3-8(10)9(7)13/h2-3,5,13H,12H2,1H3/t5-/m1/s1. The quantitative estimate of drug-likeness (QED) is 0.721. The third kappa shape index (κ3) is 1.92. The van der Waals surface area contributed by atoms with Gasteiger partial charge in [0.1, 0.15) is 5.75 Å². The highest BCUT2D eigenvalue weighted by Crippen LogP contribution is 2.31. The second-order valence-electron chi connectivity index (χ2n) is 2.80. The number of nitrogens with zero attached hydrogens (tertiary/aromatic N) is 1. The van der Waals surface area contributed by atoms with Crippen molar-refractivity contribution in [2.45, 2.75) is 13.0 Å². The van der Waals surface area contributed by atoms with Crippen molar-refractivity contribution in [3.8, 4) is 11.8 Å². The van der Waals surface area contributed by atoms with E-state index in [4.69, 9.17) is 22.6 Å². The van der Waals surface area contributed by atoms with Crippen molar-refractivity contribution in [3.63, 3.8) is 0 Å². The molecule has 0 aliphatic rings. The first kappa shape index (κ1) is 9.85. The van der Waals surface area contributed by atoms with Crippen molar-refractivity contribution >= 4 is 11.6 Å². The fraction of sp³-hybridized carbons (Fsp3) is 0.222. The topological polar surface area (TPSA) is 70.0 Å². The van der Waals surface area contributed by atoms with Crippen molar-refractivity contribution in [2.75, 3.05) is 0 Å². The van der Waals surface area contributed by atoms with Crippen molar-refractivity contribution in [1.82, 2.24) is 0 Å². The summed E-state index contributed by atoms with van der Waals surface area (Å²) in [5.74, 6) is -0.0457. The van der Waals surface area contributed by atoms with Crippen LogP contribution in [-0.4, -0.2) is 5.11 Å². The molecule has 0 saturated carbocycles.